The Morgan fingerprint density at radius 2 is 1.64 bits per heavy atom. The normalized spacial score (nSPS) is 11.1. The molecule has 1 amide bonds. The molecule has 0 saturated heterocycles. The molecule has 5 rings (SSSR count). The maximum absolute atomic E-state index is 12.5. The fraction of sp³-hybridized carbons (Fsp3) is 0.148. The van der Waals surface area contributed by atoms with E-state index in [0.717, 1.165) is 34.0 Å². The van der Waals surface area contributed by atoms with Gasteiger partial charge in [0.25, 0.3) is 5.91 Å². The van der Waals surface area contributed by atoms with Crippen molar-refractivity contribution in [3.8, 4) is 11.4 Å². The number of ether oxygens (including phenoxy) is 1. The topological polar surface area (TPSA) is 69.0 Å². The number of nitrogens with one attached hydrogen (secondary N) is 1. The first-order chi connectivity index (χ1) is 16.1. The summed E-state index contributed by atoms with van der Waals surface area (Å²) in [4.78, 5) is 14.2. The SMILES string of the molecule is CCc1ccc(-n2nc3cc(C)c(NC(=O)COc4ccc5ccccc5c4)cc3n2)cc1. The summed E-state index contributed by atoms with van der Waals surface area (Å²) < 4.78 is 5.71. The van der Waals surface area contributed by atoms with Crippen LogP contribution in [0.15, 0.2) is 78.9 Å². The smallest absolute Gasteiger partial charge is 0.262 e. The summed E-state index contributed by atoms with van der Waals surface area (Å²) in [6, 6.07) is 25.8. The highest BCUT2D eigenvalue weighted by molar-refractivity contribution is 5.95. The molecule has 6 nitrogen and oxygen atoms in total. The minimum atomic E-state index is -0.229. The van der Waals surface area contributed by atoms with Crippen molar-refractivity contribution >= 4 is 33.4 Å². The van der Waals surface area contributed by atoms with E-state index in [0.29, 0.717) is 17.0 Å². The van der Waals surface area contributed by atoms with E-state index in [1.54, 1.807) is 4.80 Å². The zero-order valence-electron chi connectivity index (χ0n) is 18.6. The number of rotatable bonds is 6. The molecular formula is C27H24N4O2. The first kappa shape index (κ1) is 20.7. The molecule has 4 aromatic carbocycles. The number of nitrogens with zero attached hydrogens (tertiary/aromatic N) is 3. The van der Waals surface area contributed by atoms with Gasteiger partial charge in [-0.3, -0.25) is 4.79 Å². The van der Waals surface area contributed by atoms with Crippen LogP contribution in [-0.4, -0.2) is 27.5 Å². The van der Waals surface area contributed by atoms with Crippen molar-refractivity contribution < 1.29 is 9.53 Å². The molecule has 0 aliphatic rings. The first-order valence-electron chi connectivity index (χ1n) is 11.0. The predicted octanol–water partition coefficient (Wildman–Crippen LogP) is 5.46. The summed E-state index contributed by atoms with van der Waals surface area (Å²) in [7, 11) is 0. The summed E-state index contributed by atoms with van der Waals surface area (Å²) in [5.74, 6) is 0.432. The molecule has 0 bridgehead atoms. The Balaban J connectivity index is 1.30. The molecule has 0 unspecified atom stereocenters. The van der Waals surface area contributed by atoms with Crippen LogP contribution in [0.25, 0.3) is 27.5 Å². The van der Waals surface area contributed by atoms with Gasteiger partial charge >= 0.3 is 0 Å². The van der Waals surface area contributed by atoms with E-state index in [4.69, 9.17) is 4.74 Å². The number of anilines is 1. The average Bonchev–Trinajstić information content (AvgIpc) is 3.25. The molecule has 1 N–H and O–H groups in total. The Hall–Kier alpha value is -4.19. The summed E-state index contributed by atoms with van der Waals surface area (Å²) in [6.07, 6.45) is 0.988. The standard InChI is InChI=1S/C27H24N4O2/c1-3-19-8-11-22(12-9-19)31-29-25-14-18(2)24(16-26(25)30-31)28-27(32)17-33-23-13-10-20-6-4-5-7-21(20)15-23/h4-16H,3,17H2,1-2H3,(H,28,32). The maximum Gasteiger partial charge on any atom is 0.262 e. The number of amides is 1. The van der Waals surface area contributed by atoms with Crippen LogP contribution in [0.5, 0.6) is 5.75 Å². The van der Waals surface area contributed by atoms with Crippen LogP contribution < -0.4 is 10.1 Å². The Morgan fingerprint density at radius 1 is 0.909 bits per heavy atom. The number of hydrogen-bond donors (Lipinski definition) is 1. The summed E-state index contributed by atoms with van der Waals surface area (Å²) in [6.45, 7) is 3.99. The van der Waals surface area contributed by atoms with E-state index in [-0.39, 0.29) is 12.5 Å². The Bertz CT molecular complexity index is 1450. The highest BCUT2D eigenvalue weighted by Crippen LogP contribution is 2.23. The van der Waals surface area contributed by atoms with Gasteiger partial charge in [-0.1, -0.05) is 49.4 Å². The van der Waals surface area contributed by atoms with E-state index in [2.05, 4.69) is 34.6 Å². The fourth-order valence-corrected chi connectivity index (χ4v) is 3.78. The Labute approximate surface area is 191 Å². The summed E-state index contributed by atoms with van der Waals surface area (Å²) in [5.41, 5.74) is 5.26. The second-order valence-electron chi connectivity index (χ2n) is 8.01. The number of carbonyl (C=O) groups is 1. The van der Waals surface area contributed by atoms with E-state index in [9.17, 15) is 4.79 Å². The second-order valence-corrected chi connectivity index (χ2v) is 8.01. The lowest BCUT2D eigenvalue weighted by atomic mass is 10.1. The lowest BCUT2D eigenvalue weighted by molar-refractivity contribution is -0.118. The Morgan fingerprint density at radius 3 is 2.39 bits per heavy atom. The van der Waals surface area contributed by atoms with Crippen LogP contribution in [0.4, 0.5) is 5.69 Å². The van der Waals surface area contributed by atoms with Crippen molar-refractivity contribution in [3.63, 3.8) is 0 Å². The van der Waals surface area contributed by atoms with E-state index in [1.165, 1.54) is 5.56 Å². The van der Waals surface area contributed by atoms with Crippen molar-refractivity contribution in [1.29, 1.82) is 0 Å². The lowest BCUT2D eigenvalue weighted by Gasteiger charge is -2.10. The van der Waals surface area contributed by atoms with Gasteiger partial charge in [0, 0.05) is 5.69 Å². The molecule has 5 aromatic rings. The van der Waals surface area contributed by atoms with Crippen LogP contribution in [0.3, 0.4) is 0 Å². The van der Waals surface area contributed by atoms with Gasteiger partial charge in [-0.25, -0.2) is 0 Å². The van der Waals surface area contributed by atoms with Crippen LogP contribution in [-0.2, 0) is 11.2 Å². The summed E-state index contributed by atoms with van der Waals surface area (Å²) in [5, 5.41) is 14.3. The first-order valence-corrected chi connectivity index (χ1v) is 11.0. The predicted molar refractivity (Wildman–Crippen MR) is 131 cm³/mol. The van der Waals surface area contributed by atoms with Crippen molar-refractivity contribution in [3.05, 3.63) is 90.0 Å². The minimum absolute atomic E-state index is 0.0771. The monoisotopic (exact) mass is 436 g/mol. The van der Waals surface area contributed by atoms with Gasteiger partial charge in [0.1, 0.15) is 16.8 Å². The third kappa shape index (κ3) is 4.41. The number of aromatic nitrogens is 3. The molecule has 0 spiro atoms. The van der Waals surface area contributed by atoms with Crippen molar-refractivity contribution in [2.45, 2.75) is 20.3 Å². The van der Waals surface area contributed by atoms with E-state index in [1.807, 2.05) is 73.7 Å². The molecule has 1 heterocycles. The molecule has 0 fully saturated rings. The van der Waals surface area contributed by atoms with Crippen molar-refractivity contribution in [2.75, 3.05) is 11.9 Å². The third-order valence-electron chi connectivity index (χ3n) is 5.67. The number of aryl methyl sites for hydroxylation is 2. The van der Waals surface area contributed by atoms with Crippen molar-refractivity contribution in [1.82, 2.24) is 15.0 Å². The van der Waals surface area contributed by atoms with Gasteiger partial charge in [-0.2, -0.15) is 4.80 Å². The number of fused-ring (bicyclic) bond motifs is 2. The van der Waals surface area contributed by atoms with Crippen LogP contribution in [0.1, 0.15) is 18.1 Å². The van der Waals surface area contributed by atoms with Gasteiger partial charge in [0.05, 0.1) is 5.69 Å². The molecule has 33 heavy (non-hydrogen) atoms. The highest BCUT2D eigenvalue weighted by atomic mass is 16.5. The van der Waals surface area contributed by atoms with Gasteiger partial charge in [-0.05, 0) is 71.6 Å². The number of benzene rings is 4. The second kappa shape index (κ2) is 8.74. The molecule has 0 radical (unpaired) electrons. The van der Waals surface area contributed by atoms with Crippen LogP contribution in [0.2, 0.25) is 0 Å². The maximum atomic E-state index is 12.5. The molecule has 0 saturated carbocycles. The van der Waals surface area contributed by atoms with Crippen LogP contribution in [0, 0.1) is 6.92 Å². The Kier molecular flexibility index (Phi) is 5.48. The zero-order valence-corrected chi connectivity index (χ0v) is 18.6. The minimum Gasteiger partial charge on any atom is -0.484 e. The van der Waals surface area contributed by atoms with Gasteiger partial charge in [0.2, 0.25) is 0 Å². The van der Waals surface area contributed by atoms with Crippen molar-refractivity contribution in [2.24, 2.45) is 0 Å². The van der Waals surface area contributed by atoms with Gasteiger partial charge < -0.3 is 10.1 Å². The van der Waals surface area contributed by atoms with Gasteiger partial charge in [-0.15, -0.1) is 10.2 Å². The molecule has 6 heteroatoms. The average molecular weight is 437 g/mol. The van der Waals surface area contributed by atoms with E-state index < -0.39 is 0 Å². The molecule has 0 atom stereocenters. The number of hydrogen-bond acceptors (Lipinski definition) is 4. The summed E-state index contributed by atoms with van der Waals surface area (Å²) >= 11 is 0. The molecule has 0 aliphatic heterocycles. The van der Waals surface area contributed by atoms with Gasteiger partial charge in [0.15, 0.2) is 6.61 Å². The van der Waals surface area contributed by atoms with E-state index >= 15 is 0 Å². The lowest BCUT2D eigenvalue weighted by Crippen LogP contribution is -2.20. The van der Waals surface area contributed by atoms with Crippen LogP contribution >= 0.6 is 0 Å². The third-order valence-corrected chi connectivity index (χ3v) is 5.67. The molecule has 164 valence electrons. The largest absolute Gasteiger partial charge is 0.484 e. The zero-order chi connectivity index (χ0) is 22.8. The quantitative estimate of drug-likeness (QED) is 0.384. The molecular weight excluding hydrogens is 412 g/mol. The molecule has 1 aromatic heterocycles. The fourth-order valence-electron chi connectivity index (χ4n) is 3.78. The number of carbonyl (C=O) groups excluding carboxylic acids is 1. The highest BCUT2D eigenvalue weighted by Gasteiger charge is 2.11. The molecule has 0 aliphatic carbocycles.